The quantitative estimate of drug-likeness (QED) is 0.685. The number of aromatic nitrogens is 1. The number of aryl methyl sites for hydroxylation is 2. The first kappa shape index (κ1) is 19.7. The van der Waals surface area contributed by atoms with E-state index in [0.29, 0.717) is 24.9 Å². The average Bonchev–Trinajstić information content (AvgIpc) is 2.70. The maximum Gasteiger partial charge on any atom is 0.251 e. The minimum Gasteiger partial charge on any atom is -0.496 e. The van der Waals surface area contributed by atoms with Gasteiger partial charge in [-0.2, -0.15) is 0 Å². The first-order chi connectivity index (χ1) is 13.5. The highest BCUT2D eigenvalue weighted by molar-refractivity contribution is 5.80. The molecule has 1 heterocycles. The molecule has 0 unspecified atom stereocenters. The van der Waals surface area contributed by atoms with Crippen LogP contribution in [0.4, 0.5) is 0 Å². The molecule has 5 heteroatoms. The first-order valence-corrected chi connectivity index (χ1v) is 9.46. The molecule has 3 aromatic rings. The Balaban J connectivity index is 1.60. The number of rotatable bonds is 7. The Hall–Kier alpha value is -3.08. The Morgan fingerprint density at radius 1 is 1.07 bits per heavy atom. The summed E-state index contributed by atoms with van der Waals surface area (Å²) in [6.45, 7) is 2.60. The summed E-state index contributed by atoms with van der Waals surface area (Å²) in [7, 11) is 3.45. The zero-order valence-corrected chi connectivity index (χ0v) is 16.6. The van der Waals surface area contributed by atoms with Crippen molar-refractivity contribution >= 4 is 16.8 Å². The van der Waals surface area contributed by atoms with Gasteiger partial charge in [-0.3, -0.25) is 9.59 Å². The SMILES string of the molecule is COc1ccccc1CCN(C)C(=O)CCc1cc2ccc(C)cc2[nH]c1=O. The molecular formula is C23H26N2O3. The van der Waals surface area contributed by atoms with E-state index in [4.69, 9.17) is 4.74 Å². The first-order valence-electron chi connectivity index (χ1n) is 9.46. The summed E-state index contributed by atoms with van der Waals surface area (Å²) in [6.07, 6.45) is 1.46. The van der Waals surface area contributed by atoms with Gasteiger partial charge in [-0.15, -0.1) is 0 Å². The largest absolute Gasteiger partial charge is 0.496 e. The van der Waals surface area contributed by atoms with Crippen LogP contribution in [0.3, 0.4) is 0 Å². The summed E-state index contributed by atoms with van der Waals surface area (Å²) in [5, 5.41) is 0.983. The Bertz CT molecular complexity index is 1040. The van der Waals surface area contributed by atoms with Crippen LogP contribution < -0.4 is 10.3 Å². The molecule has 1 amide bonds. The molecule has 0 bridgehead atoms. The fourth-order valence-corrected chi connectivity index (χ4v) is 3.30. The third-order valence-corrected chi connectivity index (χ3v) is 5.02. The van der Waals surface area contributed by atoms with Crippen molar-refractivity contribution in [2.24, 2.45) is 0 Å². The molecule has 0 atom stereocenters. The zero-order chi connectivity index (χ0) is 20.1. The number of carbonyl (C=O) groups is 1. The molecular weight excluding hydrogens is 352 g/mol. The summed E-state index contributed by atoms with van der Waals surface area (Å²) in [5.74, 6) is 0.861. The van der Waals surface area contributed by atoms with Crippen LogP contribution in [-0.4, -0.2) is 36.5 Å². The highest BCUT2D eigenvalue weighted by Gasteiger charge is 2.12. The molecule has 1 N–H and O–H groups in total. The highest BCUT2D eigenvalue weighted by Crippen LogP contribution is 2.18. The van der Waals surface area contributed by atoms with Crippen LogP contribution in [0.25, 0.3) is 10.9 Å². The minimum absolute atomic E-state index is 0.0262. The van der Waals surface area contributed by atoms with E-state index in [9.17, 15) is 9.59 Å². The van der Waals surface area contributed by atoms with Gasteiger partial charge in [-0.1, -0.05) is 30.3 Å². The number of pyridine rings is 1. The van der Waals surface area contributed by atoms with Crippen molar-refractivity contribution in [2.75, 3.05) is 20.7 Å². The molecule has 2 aromatic carbocycles. The molecule has 0 aliphatic carbocycles. The topological polar surface area (TPSA) is 62.4 Å². The molecule has 3 rings (SSSR count). The maximum atomic E-state index is 12.5. The summed E-state index contributed by atoms with van der Waals surface area (Å²) in [6, 6.07) is 15.7. The van der Waals surface area contributed by atoms with E-state index < -0.39 is 0 Å². The summed E-state index contributed by atoms with van der Waals surface area (Å²) >= 11 is 0. The lowest BCUT2D eigenvalue weighted by atomic mass is 10.1. The number of H-pyrrole nitrogens is 1. The number of nitrogens with one attached hydrogen (secondary N) is 1. The molecule has 0 aliphatic heterocycles. The van der Waals surface area contributed by atoms with Gasteiger partial charge < -0.3 is 14.6 Å². The Morgan fingerprint density at radius 3 is 2.64 bits per heavy atom. The van der Waals surface area contributed by atoms with Crippen molar-refractivity contribution in [3.8, 4) is 5.75 Å². The molecule has 146 valence electrons. The number of likely N-dealkylation sites (N-methyl/N-ethyl adjacent to an activating group) is 1. The lowest BCUT2D eigenvalue weighted by Gasteiger charge is -2.18. The summed E-state index contributed by atoms with van der Waals surface area (Å²) < 4.78 is 5.36. The number of hydrogen-bond donors (Lipinski definition) is 1. The van der Waals surface area contributed by atoms with Gasteiger partial charge in [0.25, 0.3) is 5.56 Å². The Kier molecular flexibility index (Phi) is 6.14. The second-order valence-electron chi connectivity index (χ2n) is 7.09. The van der Waals surface area contributed by atoms with Crippen molar-refractivity contribution < 1.29 is 9.53 Å². The number of fused-ring (bicyclic) bond motifs is 1. The van der Waals surface area contributed by atoms with E-state index >= 15 is 0 Å². The predicted octanol–water partition coefficient (Wildman–Crippen LogP) is 3.48. The zero-order valence-electron chi connectivity index (χ0n) is 16.6. The monoisotopic (exact) mass is 378 g/mol. The van der Waals surface area contributed by atoms with Crippen molar-refractivity contribution in [1.29, 1.82) is 0 Å². The number of nitrogens with zero attached hydrogens (tertiary/aromatic N) is 1. The third kappa shape index (κ3) is 4.60. The Labute approximate surface area is 165 Å². The number of para-hydroxylation sites is 1. The number of amides is 1. The molecule has 0 saturated carbocycles. The second kappa shape index (κ2) is 8.74. The number of carbonyl (C=O) groups excluding carboxylic acids is 1. The third-order valence-electron chi connectivity index (χ3n) is 5.02. The van der Waals surface area contributed by atoms with Crippen LogP contribution in [0.1, 0.15) is 23.1 Å². The standard InChI is InChI=1S/C23H26N2O3/c1-16-8-9-18-15-19(23(27)24-20(18)14-16)10-11-22(26)25(2)13-12-17-6-4-5-7-21(17)28-3/h4-9,14-15H,10-13H2,1-3H3,(H,24,27). The van der Waals surface area contributed by atoms with Gasteiger partial charge in [0.2, 0.25) is 5.91 Å². The lowest BCUT2D eigenvalue weighted by molar-refractivity contribution is -0.129. The molecule has 28 heavy (non-hydrogen) atoms. The molecule has 0 saturated heterocycles. The van der Waals surface area contributed by atoms with E-state index in [1.165, 1.54) is 0 Å². The van der Waals surface area contributed by atoms with Gasteiger partial charge in [0.1, 0.15) is 5.75 Å². The number of hydrogen-bond acceptors (Lipinski definition) is 3. The number of methoxy groups -OCH3 is 1. The molecule has 0 aliphatic rings. The van der Waals surface area contributed by atoms with Gasteiger partial charge in [0.05, 0.1) is 7.11 Å². The lowest BCUT2D eigenvalue weighted by Crippen LogP contribution is -2.29. The number of benzene rings is 2. The van der Waals surface area contributed by atoms with Gasteiger partial charge >= 0.3 is 0 Å². The second-order valence-corrected chi connectivity index (χ2v) is 7.09. The van der Waals surface area contributed by atoms with Crippen molar-refractivity contribution in [2.45, 2.75) is 26.2 Å². The average molecular weight is 378 g/mol. The normalized spacial score (nSPS) is 10.8. The minimum atomic E-state index is -0.123. The van der Waals surface area contributed by atoms with E-state index in [1.807, 2.05) is 55.5 Å². The Morgan fingerprint density at radius 2 is 1.86 bits per heavy atom. The van der Waals surface area contributed by atoms with Crippen LogP contribution >= 0.6 is 0 Å². The van der Waals surface area contributed by atoms with E-state index in [-0.39, 0.29) is 11.5 Å². The van der Waals surface area contributed by atoms with Crippen LogP contribution in [0, 0.1) is 6.92 Å². The molecule has 0 fully saturated rings. The molecule has 0 spiro atoms. The van der Waals surface area contributed by atoms with Crippen molar-refractivity contribution in [3.63, 3.8) is 0 Å². The van der Waals surface area contributed by atoms with Gasteiger partial charge in [0, 0.05) is 31.1 Å². The number of aromatic amines is 1. The van der Waals surface area contributed by atoms with Gasteiger partial charge in [0.15, 0.2) is 0 Å². The fraction of sp³-hybridized carbons (Fsp3) is 0.304. The van der Waals surface area contributed by atoms with E-state index in [0.717, 1.165) is 34.2 Å². The van der Waals surface area contributed by atoms with E-state index in [2.05, 4.69) is 4.98 Å². The van der Waals surface area contributed by atoms with Crippen LogP contribution in [0.15, 0.2) is 53.3 Å². The van der Waals surface area contributed by atoms with Gasteiger partial charge in [-0.25, -0.2) is 0 Å². The van der Waals surface area contributed by atoms with Crippen molar-refractivity contribution in [3.05, 3.63) is 75.6 Å². The molecule has 0 radical (unpaired) electrons. The van der Waals surface area contributed by atoms with Crippen LogP contribution in [0.2, 0.25) is 0 Å². The molecule has 5 nitrogen and oxygen atoms in total. The predicted molar refractivity (Wildman–Crippen MR) is 112 cm³/mol. The van der Waals surface area contributed by atoms with Gasteiger partial charge in [-0.05, 0) is 54.5 Å². The summed E-state index contributed by atoms with van der Waals surface area (Å²) in [5.41, 5.74) is 3.52. The van der Waals surface area contributed by atoms with Crippen LogP contribution in [-0.2, 0) is 17.6 Å². The van der Waals surface area contributed by atoms with Crippen molar-refractivity contribution in [1.82, 2.24) is 9.88 Å². The fourth-order valence-electron chi connectivity index (χ4n) is 3.30. The maximum absolute atomic E-state index is 12.5. The highest BCUT2D eigenvalue weighted by atomic mass is 16.5. The number of ether oxygens (including phenoxy) is 1. The van der Waals surface area contributed by atoms with Crippen LogP contribution in [0.5, 0.6) is 5.75 Å². The summed E-state index contributed by atoms with van der Waals surface area (Å²) in [4.78, 5) is 29.4. The smallest absolute Gasteiger partial charge is 0.251 e. The van der Waals surface area contributed by atoms with E-state index in [1.54, 1.807) is 19.1 Å². The molecule has 1 aromatic heterocycles.